The van der Waals surface area contributed by atoms with Crippen LogP contribution in [0.3, 0.4) is 0 Å². The van der Waals surface area contributed by atoms with Gasteiger partial charge in [-0.3, -0.25) is 0 Å². The summed E-state index contributed by atoms with van der Waals surface area (Å²) < 4.78 is 5.31. The number of nitrogens with one attached hydrogen (secondary N) is 1. The van der Waals surface area contributed by atoms with Crippen molar-refractivity contribution in [1.29, 1.82) is 0 Å². The highest BCUT2D eigenvalue weighted by Gasteiger charge is 2.18. The highest BCUT2D eigenvalue weighted by Crippen LogP contribution is 2.37. The zero-order valence-electron chi connectivity index (χ0n) is 7.92. The molecule has 0 aromatic heterocycles. The second kappa shape index (κ2) is 3.13. The molecule has 1 aliphatic heterocycles. The molecule has 2 heteroatoms. The molecule has 0 bridgehead atoms. The van der Waals surface area contributed by atoms with Crippen LogP contribution in [0.15, 0.2) is 24.3 Å². The third kappa shape index (κ3) is 1.18. The first-order chi connectivity index (χ1) is 6.36. The van der Waals surface area contributed by atoms with Gasteiger partial charge < -0.3 is 10.1 Å². The van der Waals surface area contributed by atoms with Crippen molar-refractivity contribution in [2.75, 3.05) is 19.0 Å². The van der Waals surface area contributed by atoms with Crippen molar-refractivity contribution in [2.24, 2.45) is 0 Å². The van der Waals surface area contributed by atoms with Gasteiger partial charge in [0.15, 0.2) is 0 Å². The molecular weight excluding hydrogens is 162 g/mol. The van der Waals surface area contributed by atoms with Crippen molar-refractivity contribution in [3.05, 3.63) is 29.8 Å². The lowest BCUT2D eigenvalue weighted by molar-refractivity contribution is 0.414. The van der Waals surface area contributed by atoms with Gasteiger partial charge in [0.1, 0.15) is 5.75 Å². The van der Waals surface area contributed by atoms with E-state index in [0.717, 1.165) is 12.3 Å². The lowest BCUT2D eigenvalue weighted by atomic mass is 10.1. The standard InChI is InChI=1S/C11H13NO/c1-3-8-7-12-9-5-4-6-10(13-2)11(8)9/h3-6,12H,7H2,1-2H3. The van der Waals surface area contributed by atoms with Gasteiger partial charge in [-0.2, -0.15) is 0 Å². The molecule has 1 N–H and O–H groups in total. The van der Waals surface area contributed by atoms with E-state index in [1.165, 1.54) is 16.8 Å². The normalized spacial score (nSPS) is 16.9. The lowest BCUT2D eigenvalue weighted by Crippen LogP contribution is -1.90. The fourth-order valence-corrected chi connectivity index (χ4v) is 1.71. The zero-order chi connectivity index (χ0) is 9.26. The van der Waals surface area contributed by atoms with Crippen LogP contribution in [0.5, 0.6) is 5.75 Å². The van der Waals surface area contributed by atoms with E-state index >= 15 is 0 Å². The Kier molecular flexibility index (Phi) is 1.97. The third-order valence-corrected chi connectivity index (χ3v) is 2.39. The first-order valence-corrected chi connectivity index (χ1v) is 4.43. The Bertz CT molecular complexity index is 355. The topological polar surface area (TPSA) is 21.3 Å². The molecule has 0 amide bonds. The number of methoxy groups -OCH3 is 1. The average molecular weight is 175 g/mol. The van der Waals surface area contributed by atoms with Crippen molar-refractivity contribution in [1.82, 2.24) is 0 Å². The van der Waals surface area contributed by atoms with Gasteiger partial charge in [0.2, 0.25) is 0 Å². The zero-order valence-corrected chi connectivity index (χ0v) is 7.92. The minimum Gasteiger partial charge on any atom is -0.496 e. The molecular formula is C11H13NO. The molecule has 1 heterocycles. The summed E-state index contributed by atoms with van der Waals surface area (Å²) in [5.41, 5.74) is 3.70. The Morgan fingerprint density at radius 2 is 2.31 bits per heavy atom. The van der Waals surface area contributed by atoms with E-state index in [2.05, 4.69) is 24.4 Å². The maximum Gasteiger partial charge on any atom is 0.128 e. The first kappa shape index (κ1) is 8.17. The molecule has 0 spiro atoms. The third-order valence-electron chi connectivity index (χ3n) is 2.39. The average Bonchev–Trinajstić information content (AvgIpc) is 2.60. The van der Waals surface area contributed by atoms with Crippen LogP contribution >= 0.6 is 0 Å². The summed E-state index contributed by atoms with van der Waals surface area (Å²) in [5.74, 6) is 0.954. The van der Waals surface area contributed by atoms with E-state index in [1.807, 2.05) is 12.1 Å². The van der Waals surface area contributed by atoms with E-state index in [4.69, 9.17) is 4.74 Å². The number of hydrogen-bond acceptors (Lipinski definition) is 2. The predicted octanol–water partition coefficient (Wildman–Crippen LogP) is 2.52. The number of allylic oxidation sites excluding steroid dienone is 1. The Morgan fingerprint density at radius 1 is 1.46 bits per heavy atom. The van der Waals surface area contributed by atoms with Gasteiger partial charge in [0.05, 0.1) is 7.11 Å². The Labute approximate surface area is 78.2 Å². The molecule has 1 aliphatic rings. The van der Waals surface area contributed by atoms with E-state index in [9.17, 15) is 0 Å². The second-order valence-electron chi connectivity index (χ2n) is 3.05. The van der Waals surface area contributed by atoms with E-state index < -0.39 is 0 Å². The minimum absolute atomic E-state index is 0.909. The van der Waals surface area contributed by atoms with Crippen molar-refractivity contribution in [3.63, 3.8) is 0 Å². The number of anilines is 1. The molecule has 0 saturated carbocycles. The number of benzene rings is 1. The fourth-order valence-electron chi connectivity index (χ4n) is 1.71. The highest BCUT2D eigenvalue weighted by molar-refractivity contribution is 5.87. The van der Waals surface area contributed by atoms with Gasteiger partial charge in [-0.1, -0.05) is 12.1 Å². The Morgan fingerprint density at radius 3 is 3.00 bits per heavy atom. The van der Waals surface area contributed by atoms with E-state index in [0.29, 0.717) is 0 Å². The van der Waals surface area contributed by atoms with Crippen molar-refractivity contribution >= 4 is 11.3 Å². The van der Waals surface area contributed by atoms with Crippen LogP contribution in [0.25, 0.3) is 5.57 Å². The summed E-state index contributed by atoms with van der Waals surface area (Å²) >= 11 is 0. The Hall–Kier alpha value is -1.44. The molecule has 0 unspecified atom stereocenters. The predicted molar refractivity (Wildman–Crippen MR) is 55.1 cm³/mol. The second-order valence-corrected chi connectivity index (χ2v) is 3.05. The number of ether oxygens (including phenoxy) is 1. The highest BCUT2D eigenvalue weighted by atomic mass is 16.5. The molecule has 0 fully saturated rings. The lowest BCUT2D eigenvalue weighted by Gasteiger charge is -2.06. The number of rotatable bonds is 1. The van der Waals surface area contributed by atoms with Gasteiger partial charge >= 0.3 is 0 Å². The summed E-state index contributed by atoms with van der Waals surface area (Å²) in [4.78, 5) is 0. The summed E-state index contributed by atoms with van der Waals surface area (Å²) in [7, 11) is 1.71. The van der Waals surface area contributed by atoms with Crippen LogP contribution < -0.4 is 10.1 Å². The van der Waals surface area contributed by atoms with Crippen LogP contribution in [0.1, 0.15) is 12.5 Å². The molecule has 0 saturated heterocycles. The minimum atomic E-state index is 0.909. The van der Waals surface area contributed by atoms with Crippen LogP contribution in [-0.2, 0) is 0 Å². The van der Waals surface area contributed by atoms with E-state index in [-0.39, 0.29) is 0 Å². The molecule has 0 atom stereocenters. The summed E-state index contributed by atoms with van der Waals surface area (Å²) in [6, 6.07) is 6.08. The van der Waals surface area contributed by atoms with E-state index in [1.54, 1.807) is 7.11 Å². The summed E-state index contributed by atoms with van der Waals surface area (Å²) in [6.45, 7) is 2.96. The quantitative estimate of drug-likeness (QED) is 0.708. The van der Waals surface area contributed by atoms with Crippen LogP contribution in [0, 0.1) is 0 Å². The van der Waals surface area contributed by atoms with Gasteiger partial charge in [0, 0.05) is 17.8 Å². The molecule has 0 aliphatic carbocycles. The largest absolute Gasteiger partial charge is 0.496 e. The Balaban J connectivity index is 2.59. The molecule has 1 aromatic rings. The molecule has 0 radical (unpaired) electrons. The van der Waals surface area contributed by atoms with Crippen LogP contribution in [-0.4, -0.2) is 13.7 Å². The SMILES string of the molecule is CC=C1CNc2cccc(OC)c21. The van der Waals surface area contributed by atoms with Gasteiger partial charge in [0.25, 0.3) is 0 Å². The van der Waals surface area contributed by atoms with Crippen LogP contribution in [0.4, 0.5) is 5.69 Å². The molecule has 2 nitrogen and oxygen atoms in total. The van der Waals surface area contributed by atoms with Gasteiger partial charge in [-0.15, -0.1) is 0 Å². The fraction of sp³-hybridized carbons (Fsp3) is 0.273. The van der Waals surface area contributed by atoms with Crippen molar-refractivity contribution in [2.45, 2.75) is 6.92 Å². The summed E-state index contributed by atoms with van der Waals surface area (Å²) in [6.07, 6.45) is 2.13. The first-order valence-electron chi connectivity index (χ1n) is 4.43. The van der Waals surface area contributed by atoms with Gasteiger partial charge in [-0.05, 0) is 24.6 Å². The summed E-state index contributed by atoms with van der Waals surface area (Å²) in [5, 5.41) is 3.33. The molecule has 68 valence electrons. The smallest absolute Gasteiger partial charge is 0.128 e. The maximum absolute atomic E-state index is 5.31. The maximum atomic E-state index is 5.31. The van der Waals surface area contributed by atoms with Crippen molar-refractivity contribution < 1.29 is 4.74 Å². The molecule has 2 rings (SSSR count). The van der Waals surface area contributed by atoms with Crippen molar-refractivity contribution in [3.8, 4) is 5.75 Å². The monoisotopic (exact) mass is 175 g/mol. The van der Waals surface area contributed by atoms with Gasteiger partial charge in [-0.25, -0.2) is 0 Å². The van der Waals surface area contributed by atoms with Crippen LogP contribution in [0.2, 0.25) is 0 Å². The number of fused-ring (bicyclic) bond motifs is 1. The molecule has 13 heavy (non-hydrogen) atoms. The number of hydrogen-bond donors (Lipinski definition) is 1. The molecule has 1 aromatic carbocycles.